The third-order valence-corrected chi connectivity index (χ3v) is 2.38. The van der Waals surface area contributed by atoms with Gasteiger partial charge in [0.1, 0.15) is 11.6 Å². The summed E-state index contributed by atoms with van der Waals surface area (Å²) in [7, 11) is 1.50. The van der Waals surface area contributed by atoms with Gasteiger partial charge in [0.25, 0.3) is 0 Å². The van der Waals surface area contributed by atoms with E-state index in [1.165, 1.54) is 13.2 Å². The summed E-state index contributed by atoms with van der Waals surface area (Å²) in [6.07, 6.45) is 0.0589. The van der Waals surface area contributed by atoms with Crippen molar-refractivity contribution in [2.45, 2.75) is 26.0 Å². The van der Waals surface area contributed by atoms with Crippen molar-refractivity contribution in [2.24, 2.45) is 5.84 Å². The average molecular weight is 242 g/mol. The Labute approximate surface area is 101 Å². The molecule has 96 valence electrons. The highest BCUT2D eigenvalue weighted by atomic mass is 19.1. The van der Waals surface area contributed by atoms with Crippen LogP contribution in [0.4, 0.5) is 4.39 Å². The second-order valence-corrected chi connectivity index (χ2v) is 3.96. The molecule has 0 amide bonds. The molecule has 0 radical (unpaired) electrons. The van der Waals surface area contributed by atoms with Crippen molar-refractivity contribution in [3.63, 3.8) is 0 Å². The Bertz CT molecular complexity index is 358. The predicted molar refractivity (Wildman–Crippen MR) is 64.1 cm³/mol. The van der Waals surface area contributed by atoms with E-state index in [0.717, 1.165) is 0 Å². The SMILES string of the molecule is COc1cccc(F)c1C(COC(C)C)NN. The minimum atomic E-state index is -0.437. The highest BCUT2D eigenvalue weighted by Gasteiger charge is 2.19. The van der Waals surface area contributed by atoms with Gasteiger partial charge in [-0.25, -0.2) is 4.39 Å². The molecule has 4 nitrogen and oxygen atoms in total. The van der Waals surface area contributed by atoms with Gasteiger partial charge in [0.15, 0.2) is 0 Å². The summed E-state index contributed by atoms with van der Waals surface area (Å²) in [6, 6.07) is 4.22. The number of nitrogens with one attached hydrogen (secondary N) is 1. The summed E-state index contributed by atoms with van der Waals surface area (Å²) < 4.78 is 24.3. The Morgan fingerprint density at radius 3 is 2.65 bits per heavy atom. The molecule has 0 heterocycles. The molecule has 0 fully saturated rings. The van der Waals surface area contributed by atoms with Gasteiger partial charge in [-0.3, -0.25) is 11.3 Å². The molecule has 1 atom stereocenters. The van der Waals surface area contributed by atoms with Gasteiger partial charge in [-0.05, 0) is 26.0 Å². The molecule has 0 saturated heterocycles. The fourth-order valence-electron chi connectivity index (χ4n) is 1.54. The van der Waals surface area contributed by atoms with Crippen molar-refractivity contribution in [1.29, 1.82) is 0 Å². The summed E-state index contributed by atoms with van der Waals surface area (Å²) in [6.45, 7) is 4.10. The van der Waals surface area contributed by atoms with Crippen LogP contribution in [0, 0.1) is 5.82 Å². The normalized spacial score (nSPS) is 12.8. The van der Waals surface area contributed by atoms with Gasteiger partial charge in [-0.1, -0.05) is 6.07 Å². The van der Waals surface area contributed by atoms with E-state index in [1.54, 1.807) is 12.1 Å². The van der Waals surface area contributed by atoms with E-state index in [2.05, 4.69) is 5.43 Å². The molecule has 0 saturated carbocycles. The van der Waals surface area contributed by atoms with Crippen molar-refractivity contribution in [3.05, 3.63) is 29.6 Å². The number of hydrogen-bond acceptors (Lipinski definition) is 4. The minimum Gasteiger partial charge on any atom is -0.496 e. The first-order valence-electron chi connectivity index (χ1n) is 5.50. The van der Waals surface area contributed by atoms with Crippen LogP contribution in [-0.2, 0) is 4.74 Å². The zero-order valence-electron chi connectivity index (χ0n) is 10.4. The molecule has 3 N–H and O–H groups in total. The molecule has 1 aromatic carbocycles. The maximum atomic E-state index is 13.8. The molecule has 17 heavy (non-hydrogen) atoms. The van der Waals surface area contributed by atoms with Crippen LogP contribution in [0.5, 0.6) is 5.75 Å². The molecule has 0 aliphatic rings. The van der Waals surface area contributed by atoms with E-state index in [-0.39, 0.29) is 18.5 Å². The summed E-state index contributed by atoms with van der Waals surface area (Å²) in [5.41, 5.74) is 2.93. The quantitative estimate of drug-likeness (QED) is 0.589. The van der Waals surface area contributed by atoms with E-state index in [9.17, 15) is 4.39 Å². The van der Waals surface area contributed by atoms with Gasteiger partial charge in [0.05, 0.1) is 31.4 Å². The van der Waals surface area contributed by atoms with Gasteiger partial charge in [-0.15, -0.1) is 0 Å². The van der Waals surface area contributed by atoms with E-state index in [0.29, 0.717) is 11.3 Å². The van der Waals surface area contributed by atoms with Crippen molar-refractivity contribution in [2.75, 3.05) is 13.7 Å². The van der Waals surface area contributed by atoms with Crippen molar-refractivity contribution in [1.82, 2.24) is 5.43 Å². The number of rotatable bonds is 6. The van der Waals surface area contributed by atoms with Crippen LogP contribution in [-0.4, -0.2) is 19.8 Å². The Hall–Kier alpha value is -1.17. The van der Waals surface area contributed by atoms with E-state index >= 15 is 0 Å². The second kappa shape index (κ2) is 6.54. The van der Waals surface area contributed by atoms with E-state index in [1.807, 2.05) is 13.8 Å². The first kappa shape index (κ1) is 13.9. The zero-order chi connectivity index (χ0) is 12.8. The Morgan fingerprint density at radius 2 is 2.12 bits per heavy atom. The Balaban J connectivity index is 2.94. The highest BCUT2D eigenvalue weighted by Crippen LogP contribution is 2.27. The van der Waals surface area contributed by atoms with Crippen molar-refractivity contribution < 1.29 is 13.9 Å². The lowest BCUT2D eigenvalue weighted by atomic mass is 10.1. The molecule has 1 unspecified atom stereocenters. The standard InChI is InChI=1S/C12H19FN2O2/c1-8(2)17-7-10(15-14)12-9(13)5-4-6-11(12)16-3/h4-6,8,10,15H,7,14H2,1-3H3. The molecule has 0 aliphatic carbocycles. The van der Waals surface area contributed by atoms with Crippen LogP contribution in [0.25, 0.3) is 0 Å². The van der Waals surface area contributed by atoms with Crippen LogP contribution in [0.2, 0.25) is 0 Å². The van der Waals surface area contributed by atoms with E-state index < -0.39 is 6.04 Å². The predicted octanol–water partition coefficient (Wildman–Crippen LogP) is 1.76. The Morgan fingerprint density at radius 1 is 1.41 bits per heavy atom. The number of halogens is 1. The third-order valence-electron chi connectivity index (χ3n) is 2.38. The first-order chi connectivity index (χ1) is 8.10. The zero-order valence-corrected chi connectivity index (χ0v) is 10.4. The largest absolute Gasteiger partial charge is 0.496 e. The summed E-state index contributed by atoms with van der Waals surface area (Å²) in [4.78, 5) is 0. The average Bonchev–Trinajstić information content (AvgIpc) is 2.31. The molecule has 1 aromatic rings. The monoisotopic (exact) mass is 242 g/mol. The first-order valence-corrected chi connectivity index (χ1v) is 5.50. The number of benzene rings is 1. The minimum absolute atomic E-state index is 0.0589. The van der Waals surface area contributed by atoms with Crippen LogP contribution in [0.15, 0.2) is 18.2 Å². The molecule has 0 aliphatic heterocycles. The fraction of sp³-hybridized carbons (Fsp3) is 0.500. The van der Waals surface area contributed by atoms with Crippen LogP contribution in [0.1, 0.15) is 25.5 Å². The number of methoxy groups -OCH3 is 1. The van der Waals surface area contributed by atoms with Gasteiger partial charge in [0.2, 0.25) is 0 Å². The van der Waals surface area contributed by atoms with E-state index in [4.69, 9.17) is 15.3 Å². The second-order valence-electron chi connectivity index (χ2n) is 3.96. The maximum Gasteiger partial charge on any atom is 0.131 e. The van der Waals surface area contributed by atoms with Crippen molar-refractivity contribution in [3.8, 4) is 5.75 Å². The number of ether oxygens (including phenoxy) is 2. The van der Waals surface area contributed by atoms with Gasteiger partial charge >= 0.3 is 0 Å². The van der Waals surface area contributed by atoms with Crippen molar-refractivity contribution >= 4 is 0 Å². The molecule has 0 spiro atoms. The van der Waals surface area contributed by atoms with Crippen LogP contribution < -0.4 is 16.0 Å². The lowest BCUT2D eigenvalue weighted by Crippen LogP contribution is -2.33. The smallest absolute Gasteiger partial charge is 0.131 e. The maximum absolute atomic E-state index is 13.8. The highest BCUT2D eigenvalue weighted by molar-refractivity contribution is 5.37. The third kappa shape index (κ3) is 3.66. The summed E-state index contributed by atoms with van der Waals surface area (Å²) in [5, 5.41) is 0. The molecule has 0 bridgehead atoms. The molecular formula is C12H19FN2O2. The van der Waals surface area contributed by atoms with Gasteiger partial charge < -0.3 is 9.47 Å². The summed E-state index contributed by atoms with van der Waals surface area (Å²) >= 11 is 0. The molecule has 0 aromatic heterocycles. The van der Waals surface area contributed by atoms with Crippen LogP contribution >= 0.6 is 0 Å². The summed E-state index contributed by atoms with van der Waals surface area (Å²) in [5.74, 6) is 5.53. The lowest BCUT2D eigenvalue weighted by Gasteiger charge is -2.20. The topological polar surface area (TPSA) is 56.5 Å². The number of nitrogens with two attached hydrogens (primary N) is 1. The molecular weight excluding hydrogens is 223 g/mol. The van der Waals surface area contributed by atoms with Gasteiger partial charge in [0, 0.05) is 0 Å². The van der Waals surface area contributed by atoms with Crippen LogP contribution in [0.3, 0.4) is 0 Å². The molecule has 1 rings (SSSR count). The fourth-order valence-corrected chi connectivity index (χ4v) is 1.54. The molecule has 5 heteroatoms. The lowest BCUT2D eigenvalue weighted by molar-refractivity contribution is 0.0599. The van der Waals surface area contributed by atoms with Gasteiger partial charge in [-0.2, -0.15) is 0 Å². The number of hydrogen-bond donors (Lipinski definition) is 2. The number of hydrazine groups is 1. The Kier molecular flexibility index (Phi) is 5.34.